The van der Waals surface area contributed by atoms with Crippen LogP contribution in [0.4, 0.5) is 0 Å². The molecule has 0 heterocycles. The molecule has 2 N–H and O–H groups in total. The fourth-order valence-corrected chi connectivity index (χ4v) is 9.81. The zero-order valence-corrected chi connectivity index (χ0v) is 21.6. The van der Waals surface area contributed by atoms with Crippen molar-refractivity contribution in [2.75, 3.05) is 0 Å². The second-order valence-electron chi connectivity index (χ2n) is 13.8. The summed E-state index contributed by atoms with van der Waals surface area (Å²) in [5.41, 5.74) is 0.0808. The van der Waals surface area contributed by atoms with Crippen molar-refractivity contribution in [2.45, 2.75) is 136 Å². The Morgan fingerprint density at radius 2 is 1.61 bits per heavy atom. The van der Waals surface area contributed by atoms with Gasteiger partial charge in [0, 0.05) is 0 Å². The molecule has 2 heteroatoms. The van der Waals surface area contributed by atoms with Gasteiger partial charge < -0.3 is 10.2 Å². The van der Waals surface area contributed by atoms with Gasteiger partial charge in [0.15, 0.2) is 0 Å². The molecule has 0 aliphatic heterocycles. The van der Waals surface area contributed by atoms with Crippen molar-refractivity contribution in [2.24, 2.45) is 46.3 Å². The fourth-order valence-electron chi connectivity index (χ4n) is 9.81. The number of hydrogen-bond acceptors (Lipinski definition) is 2. The average molecular weight is 433 g/mol. The first kappa shape index (κ1) is 24.1. The molecule has 0 aromatic carbocycles. The molecule has 1 unspecified atom stereocenters. The van der Waals surface area contributed by atoms with Gasteiger partial charge >= 0.3 is 0 Å². The van der Waals surface area contributed by atoms with E-state index < -0.39 is 11.2 Å². The van der Waals surface area contributed by atoms with Crippen LogP contribution in [0.1, 0.15) is 125 Å². The Hall–Kier alpha value is -0.0800. The van der Waals surface area contributed by atoms with Crippen LogP contribution in [0.5, 0.6) is 0 Å². The highest BCUT2D eigenvalue weighted by molar-refractivity contribution is 5.10. The highest BCUT2D eigenvalue weighted by Crippen LogP contribution is 2.68. The van der Waals surface area contributed by atoms with Gasteiger partial charge in [-0.3, -0.25) is 0 Å². The second-order valence-corrected chi connectivity index (χ2v) is 13.8. The third-order valence-electron chi connectivity index (χ3n) is 11.6. The summed E-state index contributed by atoms with van der Waals surface area (Å²) in [6.45, 7) is 14.1. The van der Waals surface area contributed by atoms with Crippen LogP contribution < -0.4 is 0 Å². The van der Waals surface area contributed by atoms with Crippen molar-refractivity contribution in [3.8, 4) is 0 Å². The average Bonchev–Trinajstić information content (AvgIpc) is 3.04. The minimum atomic E-state index is -0.477. The smallest absolute Gasteiger partial charge is 0.0622 e. The number of fused-ring (bicyclic) bond motifs is 5. The molecule has 4 aliphatic carbocycles. The van der Waals surface area contributed by atoms with Crippen molar-refractivity contribution in [3.05, 3.63) is 0 Å². The number of rotatable bonds is 6. The van der Waals surface area contributed by atoms with Crippen molar-refractivity contribution in [1.82, 2.24) is 0 Å². The van der Waals surface area contributed by atoms with E-state index >= 15 is 0 Å². The molecule has 180 valence electrons. The van der Waals surface area contributed by atoms with Gasteiger partial charge in [-0.25, -0.2) is 0 Å². The first-order chi connectivity index (χ1) is 14.4. The molecule has 4 fully saturated rings. The van der Waals surface area contributed by atoms with Crippen LogP contribution in [0.3, 0.4) is 0 Å². The Morgan fingerprint density at radius 1 is 0.903 bits per heavy atom. The van der Waals surface area contributed by atoms with Gasteiger partial charge in [0.2, 0.25) is 0 Å². The summed E-state index contributed by atoms with van der Waals surface area (Å²) in [6, 6.07) is 0. The molecule has 31 heavy (non-hydrogen) atoms. The Balaban J connectivity index is 1.45. The maximum atomic E-state index is 10.7. The molecule has 4 saturated carbocycles. The standard InChI is InChI=1S/C29H52O2/c1-7-14-26(3,30)15-12-20(2)23-10-11-24-22-9-8-21-19-27(4,31)17-18-28(21,5)25(22)13-16-29(23,24)6/h20-25,30-31H,7-19H2,1-6H3/t20-,21+,22+,23-,24+,25+,26?,27+,28+,29-/m1/s1. The van der Waals surface area contributed by atoms with Crippen LogP contribution in [0.15, 0.2) is 0 Å². The van der Waals surface area contributed by atoms with Crippen molar-refractivity contribution in [1.29, 1.82) is 0 Å². The maximum Gasteiger partial charge on any atom is 0.0622 e. The minimum absolute atomic E-state index is 0.424. The zero-order valence-electron chi connectivity index (χ0n) is 21.6. The van der Waals surface area contributed by atoms with E-state index in [1.807, 2.05) is 6.92 Å². The first-order valence-corrected chi connectivity index (χ1v) is 13.9. The van der Waals surface area contributed by atoms with Crippen LogP contribution in [-0.4, -0.2) is 21.4 Å². The van der Waals surface area contributed by atoms with E-state index in [2.05, 4.69) is 34.6 Å². The molecule has 4 aliphatic rings. The van der Waals surface area contributed by atoms with Gasteiger partial charge in [-0.15, -0.1) is 0 Å². The molecule has 0 aromatic rings. The van der Waals surface area contributed by atoms with Gasteiger partial charge in [-0.2, -0.15) is 0 Å². The molecular weight excluding hydrogens is 380 g/mol. The van der Waals surface area contributed by atoms with Crippen LogP contribution in [0.25, 0.3) is 0 Å². The topological polar surface area (TPSA) is 40.5 Å². The fraction of sp³-hybridized carbons (Fsp3) is 1.00. The Morgan fingerprint density at radius 3 is 2.32 bits per heavy atom. The summed E-state index contributed by atoms with van der Waals surface area (Å²) < 4.78 is 0. The summed E-state index contributed by atoms with van der Waals surface area (Å²) in [6.07, 6.45) is 15.9. The maximum absolute atomic E-state index is 10.7. The van der Waals surface area contributed by atoms with Crippen LogP contribution in [0.2, 0.25) is 0 Å². The molecule has 2 nitrogen and oxygen atoms in total. The van der Waals surface area contributed by atoms with Gasteiger partial charge in [-0.05, 0) is 137 Å². The lowest BCUT2D eigenvalue weighted by molar-refractivity contribution is -0.148. The summed E-state index contributed by atoms with van der Waals surface area (Å²) in [5.74, 6) is 5.03. The Bertz CT molecular complexity index is 639. The molecular formula is C29H52O2. The SMILES string of the molecule is CCCC(C)(O)CC[C@@H](C)[C@H]1CC[C@H]2[C@@H]3CC[C@H]4C[C@@](C)(O)CC[C@]4(C)[C@H]3CC[C@]12C. The van der Waals surface area contributed by atoms with Crippen LogP contribution in [0, 0.1) is 46.3 Å². The molecule has 0 spiro atoms. The minimum Gasteiger partial charge on any atom is -0.390 e. The van der Waals surface area contributed by atoms with Crippen molar-refractivity contribution < 1.29 is 10.2 Å². The predicted octanol–water partition coefficient (Wildman–Crippen LogP) is 7.36. The van der Waals surface area contributed by atoms with Crippen LogP contribution in [-0.2, 0) is 0 Å². The second kappa shape index (κ2) is 8.30. The zero-order chi connectivity index (χ0) is 22.7. The first-order valence-electron chi connectivity index (χ1n) is 13.9. The summed E-state index contributed by atoms with van der Waals surface area (Å²) in [5, 5.41) is 21.4. The molecule has 10 atom stereocenters. The normalized spacial score (nSPS) is 50.1. The predicted molar refractivity (Wildman–Crippen MR) is 130 cm³/mol. The van der Waals surface area contributed by atoms with E-state index in [0.717, 1.165) is 67.6 Å². The molecule has 0 saturated heterocycles. The molecule has 0 amide bonds. The highest BCUT2D eigenvalue weighted by Gasteiger charge is 2.61. The lowest BCUT2D eigenvalue weighted by Gasteiger charge is -2.62. The van der Waals surface area contributed by atoms with Crippen molar-refractivity contribution in [3.63, 3.8) is 0 Å². The van der Waals surface area contributed by atoms with Gasteiger partial charge in [0.1, 0.15) is 0 Å². The van der Waals surface area contributed by atoms with E-state index in [1.54, 1.807) is 0 Å². The van der Waals surface area contributed by atoms with Gasteiger partial charge in [0.05, 0.1) is 11.2 Å². The van der Waals surface area contributed by atoms with E-state index in [0.29, 0.717) is 10.8 Å². The summed E-state index contributed by atoms with van der Waals surface area (Å²) in [4.78, 5) is 0. The van der Waals surface area contributed by atoms with E-state index in [4.69, 9.17) is 0 Å². The Kier molecular flexibility index (Phi) is 6.44. The monoisotopic (exact) mass is 432 g/mol. The largest absolute Gasteiger partial charge is 0.390 e. The molecule has 0 bridgehead atoms. The van der Waals surface area contributed by atoms with E-state index in [1.165, 1.54) is 51.4 Å². The van der Waals surface area contributed by atoms with Gasteiger partial charge in [-0.1, -0.05) is 34.1 Å². The molecule has 0 aromatic heterocycles. The van der Waals surface area contributed by atoms with E-state index in [-0.39, 0.29) is 0 Å². The Labute approximate surface area is 193 Å². The highest BCUT2D eigenvalue weighted by atomic mass is 16.3. The molecule has 4 rings (SSSR count). The number of aliphatic hydroxyl groups is 2. The molecule has 0 radical (unpaired) electrons. The third kappa shape index (κ3) is 4.27. The van der Waals surface area contributed by atoms with Gasteiger partial charge in [0.25, 0.3) is 0 Å². The number of hydrogen-bond donors (Lipinski definition) is 2. The quantitative estimate of drug-likeness (QED) is 0.460. The van der Waals surface area contributed by atoms with E-state index in [9.17, 15) is 10.2 Å². The lowest BCUT2D eigenvalue weighted by atomic mass is 9.43. The third-order valence-corrected chi connectivity index (χ3v) is 11.6. The van der Waals surface area contributed by atoms with Crippen LogP contribution >= 0.6 is 0 Å². The lowest BCUT2D eigenvalue weighted by Crippen LogP contribution is -2.55. The van der Waals surface area contributed by atoms with Crippen molar-refractivity contribution >= 4 is 0 Å². The summed E-state index contributed by atoms with van der Waals surface area (Å²) in [7, 11) is 0. The summed E-state index contributed by atoms with van der Waals surface area (Å²) >= 11 is 0.